The minimum atomic E-state index is -0.588. The van der Waals surface area contributed by atoms with E-state index in [1.165, 1.54) is 32.4 Å². The van der Waals surface area contributed by atoms with Crippen LogP contribution in [0.3, 0.4) is 0 Å². The first-order valence-electron chi connectivity index (χ1n) is 6.35. The molecule has 0 aromatic heterocycles. The molecule has 116 valence electrons. The largest absolute Gasteiger partial charge is 0.465 e. The number of aliphatic hydroxyl groups is 2. The maximum Gasteiger partial charge on any atom is 0.337 e. The number of rotatable bonds is 7. The van der Waals surface area contributed by atoms with Crippen LogP contribution >= 0.6 is 0 Å². The van der Waals surface area contributed by atoms with E-state index < -0.39 is 11.9 Å². The van der Waals surface area contributed by atoms with Crippen molar-refractivity contribution in [2.24, 2.45) is 0 Å². The first-order chi connectivity index (χ1) is 10.1. The lowest BCUT2D eigenvalue weighted by Crippen LogP contribution is -2.30. The lowest BCUT2D eigenvalue weighted by atomic mass is 10.1. The summed E-state index contributed by atoms with van der Waals surface area (Å²) in [6.45, 7) is 0.254. The van der Waals surface area contributed by atoms with Gasteiger partial charge in [0.25, 0.3) is 0 Å². The minimum Gasteiger partial charge on any atom is -0.465 e. The van der Waals surface area contributed by atoms with E-state index >= 15 is 0 Å². The van der Waals surface area contributed by atoms with Crippen LogP contribution in [0.2, 0.25) is 0 Å². The summed E-state index contributed by atoms with van der Waals surface area (Å²) < 4.78 is 9.30. The summed E-state index contributed by atoms with van der Waals surface area (Å²) in [6, 6.07) is 4.43. The average Bonchev–Trinajstić information content (AvgIpc) is 2.52. The van der Waals surface area contributed by atoms with Crippen molar-refractivity contribution in [2.45, 2.75) is 0 Å². The molecule has 2 N–H and O–H groups in total. The number of anilines is 1. The third kappa shape index (κ3) is 4.44. The molecule has 0 aliphatic carbocycles. The number of hydrogen-bond donors (Lipinski definition) is 2. The van der Waals surface area contributed by atoms with Gasteiger partial charge in [-0.2, -0.15) is 0 Å². The standard InChI is InChI=1S/C14H19NO6/c1-20-13(18)10-7-11(14(19)21-2)9-12(8-10)15(3-5-16)4-6-17/h7-9,16-17H,3-6H2,1-2H3. The number of carbonyl (C=O) groups is 2. The molecular weight excluding hydrogens is 278 g/mol. The lowest BCUT2D eigenvalue weighted by molar-refractivity contribution is 0.0599. The number of methoxy groups -OCH3 is 2. The Bertz CT molecular complexity index is 462. The molecule has 0 saturated heterocycles. The second-order valence-electron chi connectivity index (χ2n) is 4.19. The van der Waals surface area contributed by atoms with Gasteiger partial charge >= 0.3 is 11.9 Å². The summed E-state index contributed by atoms with van der Waals surface area (Å²) in [7, 11) is 2.48. The summed E-state index contributed by atoms with van der Waals surface area (Å²) >= 11 is 0. The zero-order valence-corrected chi connectivity index (χ0v) is 12.0. The highest BCUT2D eigenvalue weighted by Gasteiger charge is 2.16. The monoisotopic (exact) mass is 297 g/mol. The summed E-state index contributed by atoms with van der Waals surface area (Å²) in [5, 5.41) is 18.1. The van der Waals surface area contributed by atoms with Crippen molar-refractivity contribution in [3.63, 3.8) is 0 Å². The Hall–Kier alpha value is -2.12. The summed E-state index contributed by atoms with van der Waals surface area (Å²) in [4.78, 5) is 25.0. The van der Waals surface area contributed by atoms with Gasteiger partial charge in [-0.25, -0.2) is 9.59 Å². The SMILES string of the molecule is COC(=O)c1cc(C(=O)OC)cc(N(CCO)CCO)c1. The molecule has 0 aliphatic heterocycles. The van der Waals surface area contributed by atoms with Gasteiger partial charge in [0, 0.05) is 18.8 Å². The smallest absolute Gasteiger partial charge is 0.337 e. The third-order valence-electron chi connectivity index (χ3n) is 2.86. The zero-order chi connectivity index (χ0) is 15.8. The molecule has 0 radical (unpaired) electrons. The van der Waals surface area contributed by atoms with E-state index in [9.17, 15) is 9.59 Å². The molecule has 0 bridgehead atoms. The van der Waals surface area contributed by atoms with Crippen LogP contribution in [0.4, 0.5) is 5.69 Å². The molecule has 1 rings (SSSR count). The predicted octanol–water partition coefficient (Wildman–Crippen LogP) is 0.0508. The number of nitrogens with zero attached hydrogens (tertiary/aromatic N) is 1. The van der Waals surface area contributed by atoms with Gasteiger partial charge < -0.3 is 24.6 Å². The van der Waals surface area contributed by atoms with Crippen LogP contribution in [0.1, 0.15) is 20.7 Å². The topological polar surface area (TPSA) is 96.3 Å². The van der Waals surface area contributed by atoms with Crippen molar-refractivity contribution in [2.75, 3.05) is 45.4 Å². The molecule has 1 aromatic rings. The van der Waals surface area contributed by atoms with Crippen LogP contribution in [0.25, 0.3) is 0 Å². The molecule has 0 heterocycles. The molecule has 0 saturated carbocycles. The normalized spacial score (nSPS) is 10.1. The van der Waals surface area contributed by atoms with Crippen molar-refractivity contribution >= 4 is 17.6 Å². The van der Waals surface area contributed by atoms with Crippen LogP contribution in [0, 0.1) is 0 Å². The van der Waals surface area contributed by atoms with Gasteiger partial charge in [0.05, 0.1) is 38.6 Å². The molecule has 7 heteroatoms. The Balaban J connectivity index is 3.28. The van der Waals surface area contributed by atoms with E-state index in [2.05, 4.69) is 9.47 Å². The van der Waals surface area contributed by atoms with Crippen molar-refractivity contribution in [3.8, 4) is 0 Å². The highest BCUT2D eigenvalue weighted by Crippen LogP contribution is 2.20. The van der Waals surface area contributed by atoms with Crippen LogP contribution in [-0.4, -0.2) is 62.7 Å². The van der Waals surface area contributed by atoms with Crippen molar-refractivity contribution in [3.05, 3.63) is 29.3 Å². The van der Waals surface area contributed by atoms with Gasteiger partial charge in [0.15, 0.2) is 0 Å². The highest BCUT2D eigenvalue weighted by molar-refractivity contribution is 5.97. The molecular formula is C14H19NO6. The number of esters is 2. The summed E-state index contributed by atoms with van der Waals surface area (Å²) in [5.74, 6) is -1.18. The molecule has 21 heavy (non-hydrogen) atoms. The maximum absolute atomic E-state index is 11.7. The fraction of sp³-hybridized carbons (Fsp3) is 0.429. The lowest BCUT2D eigenvalue weighted by Gasteiger charge is -2.24. The Labute approximate surface area is 122 Å². The summed E-state index contributed by atoms with van der Waals surface area (Å²) in [6.07, 6.45) is 0. The second-order valence-corrected chi connectivity index (χ2v) is 4.19. The van der Waals surface area contributed by atoms with Crippen LogP contribution in [0.5, 0.6) is 0 Å². The van der Waals surface area contributed by atoms with E-state index in [1.807, 2.05) is 0 Å². The number of carbonyl (C=O) groups excluding carboxylic acids is 2. The Kier molecular flexibility index (Phi) is 6.64. The molecule has 0 unspecified atom stereocenters. The van der Waals surface area contributed by atoms with Crippen molar-refractivity contribution in [1.29, 1.82) is 0 Å². The van der Waals surface area contributed by atoms with E-state index in [4.69, 9.17) is 10.2 Å². The minimum absolute atomic E-state index is 0.129. The quantitative estimate of drug-likeness (QED) is 0.686. The first-order valence-corrected chi connectivity index (χ1v) is 6.35. The third-order valence-corrected chi connectivity index (χ3v) is 2.86. The van der Waals surface area contributed by atoms with E-state index in [1.54, 1.807) is 4.90 Å². The number of ether oxygens (including phenoxy) is 2. The van der Waals surface area contributed by atoms with E-state index in [0.717, 1.165) is 0 Å². The molecule has 0 atom stereocenters. The Morgan fingerprint density at radius 1 is 0.952 bits per heavy atom. The molecule has 7 nitrogen and oxygen atoms in total. The van der Waals surface area contributed by atoms with Gasteiger partial charge in [0.1, 0.15) is 0 Å². The van der Waals surface area contributed by atoms with Crippen molar-refractivity contribution in [1.82, 2.24) is 0 Å². The average molecular weight is 297 g/mol. The maximum atomic E-state index is 11.7. The molecule has 0 amide bonds. The van der Waals surface area contributed by atoms with Crippen LogP contribution in [0.15, 0.2) is 18.2 Å². The van der Waals surface area contributed by atoms with E-state index in [-0.39, 0.29) is 37.4 Å². The molecule has 1 aromatic carbocycles. The zero-order valence-electron chi connectivity index (χ0n) is 12.0. The highest BCUT2D eigenvalue weighted by atomic mass is 16.5. The van der Waals surface area contributed by atoms with E-state index in [0.29, 0.717) is 5.69 Å². The Morgan fingerprint density at radius 2 is 1.38 bits per heavy atom. The fourth-order valence-corrected chi connectivity index (χ4v) is 1.88. The predicted molar refractivity (Wildman–Crippen MR) is 75.5 cm³/mol. The van der Waals surface area contributed by atoms with Crippen LogP contribution in [-0.2, 0) is 9.47 Å². The number of benzene rings is 1. The van der Waals surface area contributed by atoms with Gasteiger partial charge in [-0.3, -0.25) is 0 Å². The van der Waals surface area contributed by atoms with Crippen molar-refractivity contribution < 1.29 is 29.3 Å². The first kappa shape index (κ1) is 16.9. The molecule has 0 fully saturated rings. The van der Waals surface area contributed by atoms with Gasteiger partial charge in [0.2, 0.25) is 0 Å². The second kappa shape index (κ2) is 8.23. The molecule has 0 aliphatic rings. The molecule has 0 spiro atoms. The van der Waals surface area contributed by atoms with Gasteiger partial charge in [-0.1, -0.05) is 0 Å². The number of aliphatic hydroxyl groups excluding tert-OH is 2. The summed E-state index contributed by atoms with van der Waals surface area (Å²) in [5.41, 5.74) is 0.897. The van der Waals surface area contributed by atoms with Crippen LogP contribution < -0.4 is 4.90 Å². The fourth-order valence-electron chi connectivity index (χ4n) is 1.88. The van der Waals surface area contributed by atoms with Gasteiger partial charge in [-0.05, 0) is 18.2 Å². The van der Waals surface area contributed by atoms with Gasteiger partial charge in [-0.15, -0.1) is 0 Å². The number of hydrogen-bond acceptors (Lipinski definition) is 7. The Morgan fingerprint density at radius 3 is 1.71 bits per heavy atom.